The van der Waals surface area contributed by atoms with Gasteiger partial charge in [-0.15, -0.1) is 0 Å². The number of anilines is 1. The molecular formula is C18H19FN2O3S. The van der Waals surface area contributed by atoms with Crippen LogP contribution in [0.1, 0.15) is 22.3 Å². The first-order valence-electron chi connectivity index (χ1n) is 8.09. The molecule has 0 atom stereocenters. The van der Waals surface area contributed by atoms with Gasteiger partial charge < -0.3 is 5.32 Å². The fourth-order valence-corrected chi connectivity index (χ4v) is 4.36. The molecule has 0 radical (unpaired) electrons. The van der Waals surface area contributed by atoms with E-state index in [1.807, 2.05) is 0 Å². The number of sulfonamides is 1. The molecule has 1 aliphatic heterocycles. The third kappa shape index (κ3) is 4.17. The van der Waals surface area contributed by atoms with E-state index in [1.165, 1.54) is 16.4 Å². The molecule has 25 heavy (non-hydrogen) atoms. The lowest BCUT2D eigenvalue weighted by atomic mass is 10.1. The number of hydrogen-bond acceptors (Lipinski definition) is 3. The lowest BCUT2D eigenvalue weighted by molar-refractivity contribution is 0.0954. The summed E-state index contributed by atoms with van der Waals surface area (Å²) in [6, 6.07) is 12.8. The monoisotopic (exact) mass is 362 g/mol. The maximum atomic E-state index is 12.9. The van der Waals surface area contributed by atoms with Crippen LogP contribution in [0.5, 0.6) is 0 Å². The molecule has 0 saturated carbocycles. The standard InChI is InChI=1S/C18H19FN2O3S/c19-16-7-5-14(6-8-16)9-10-20-18(22)15-3-1-4-17(13-15)21-11-2-12-25(21,23)24/h1,3-8,13H,2,9-12H2,(H,20,22). The van der Waals surface area contributed by atoms with Crippen LogP contribution in [0.3, 0.4) is 0 Å². The Hall–Kier alpha value is -2.41. The van der Waals surface area contributed by atoms with Gasteiger partial charge in [0.2, 0.25) is 10.0 Å². The Bertz CT molecular complexity index is 866. The van der Waals surface area contributed by atoms with Crippen molar-refractivity contribution in [1.82, 2.24) is 5.32 Å². The number of halogens is 1. The van der Waals surface area contributed by atoms with Crippen molar-refractivity contribution in [3.63, 3.8) is 0 Å². The molecule has 5 nitrogen and oxygen atoms in total. The molecule has 1 N–H and O–H groups in total. The Labute approximate surface area is 146 Å². The molecule has 132 valence electrons. The van der Waals surface area contributed by atoms with Crippen LogP contribution in [-0.4, -0.2) is 33.2 Å². The lowest BCUT2D eigenvalue weighted by Gasteiger charge is -2.17. The van der Waals surface area contributed by atoms with Gasteiger partial charge >= 0.3 is 0 Å². The fourth-order valence-electron chi connectivity index (χ4n) is 2.81. The summed E-state index contributed by atoms with van der Waals surface area (Å²) in [6.07, 6.45) is 1.18. The van der Waals surface area contributed by atoms with E-state index in [9.17, 15) is 17.6 Å². The van der Waals surface area contributed by atoms with Gasteiger partial charge in [-0.2, -0.15) is 0 Å². The summed E-state index contributed by atoms with van der Waals surface area (Å²) in [5, 5.41) is 2.80. The highest BCUT2D eigenvalue weighted by Gasteiger charge is 2.28. The van der Waals surface area contributed by atoms with Crippen molar-refractivity contribution in [2.24, 2.45) is 0 Å². The van der Waals surface area contributed by atoms with Gasteiger partial charge in [-0.05, 0) is 48.7 Å². The molecule has 1 fully saturated rings. The number of nitrogens with zero attached hydrogens (tertiary/aromatic N) is 1. The highest BCUT2D eigenvalue weighted by Crippen LogP contribution is 2.24. The van der Waals surface area contributed by atoms with Crippen LogP contribution >= 0.6 is 0 Å². The molecule has 7 heteroatoms. The molecule has 0 bridgehead atoms. The SMILES string of the molecule is O=C(NCCc1ccc(F)cc1)c1cccc(N2CCCS2(=O)=O)c1. The first-order chi connectivity index (χ1) is 12.0. The van der Waals surface area contributed by atoms with Crippen molar-refractivity contribution in [3.8, 4) is 0 Å². The largest absolute Gasteiger partial charge is 0.352 e. The van der Waals surface area contributed by atoms with Crippen LogP contribution in [0.2, 0.25) is 0 Å². The van der Waals surface area contributed by atoms with Gasteiger partial charge in [0.05, 0.1) is 11.4 Å². The van der Waals surface area contributed by atoms with Crippen LogP contribution in [0.4, 0.5) is 10.1 Å². The molecule has 3 rings (SSSR count). The summed E-state index contributed by atoms with van der Waals surface area (Å²) < 4.78 is 38.2. The highest BCUT2D eigenvalue weighted by molar-refractivity contribution is 7.93. The van der Waals surface area contributed by atoms with Gasteiger partial charge in [0.15, 0.2) is 0 Å². The lowest BCUT2D eigenvalue weighted by Crippen LogP contribution is -2.27. The summed E-state index contributed by atoms with van der Waals surface area (Å²) in [4.78, 5) is 12.3. The predicted molar refractivity (Wildman–Crippen MR) is 94.6 cm³/mol. The molecular weight excluding hydrogens is 343 g/mol. The fraction of sp³-hybridized carbons (Fsp3) is 0.278. The summed E-state index contributed by atoms with van der Waals surface area (Å²) in [5.74, 6) is -0.414. The van der Waals surface area contributed by atoms with Crippen molar-refractivity contribution < 1.29 is 17.6 Å². The van der Waals surface area contributed by atoms with Crippen molar-refractivity contribution in [1.29, 1.82) is 0 Å². The van der Waals surface area contributed by atoms with Crippen molar-refractivity contribution >= 4 is 21.6 Å². The van der Waals surface area contributed by atoms with Crippen molar-refractivity contribution in [2.45, 2.75) is 12.8 Å². The smallest absolute Gasteiger partial charge is 0.251 e. The Morgan fingerprint density at radius 3 is 2.60 bits per heavy atom. The Kier molecular flexibility index (Phi) is 5.03. The zero-order valence-electron chi connectivity index (χ0n) is 13.6. The maximum Gasteiger partial charge on any atom is 0.251 e. The van der Waals surface area contributed by atoms with Crippen molar-refractivity contribution in [2.75, 3.05) is 23.1 Å². The number of benzene rings is 2. The molecule has 1 amide bonds. The minimum absolute atomic E-state index is 0.140. The number of carbonyl (C=O) groups excluding carboxylic acids is 1. The van der Waals surface area contributed by atoms with Gasteiger partial charge in [-0.1, -0.05) is 18.2 Å². The molecule has 1 heterocycles. The predicted octanol–water partition coefficient (Wildman–Crippen LogP) is 2.34. The zero-order chi connectivity index (χ0) is 17.9. The van der Waals surface area contributed by atoms with Crippen LogP contribution in [0.25, 0.3) is 0 Å². The summed E-state index contributed by atoms with van der Waals surface area (Å²) in [6.45, 7) is 0.856. The molecule has 0 aliphatic carbocycles. The van der Waals surface area contributed by atoms with Crippen LogP contribution in [0, 0.1) is 5.82 Å². The molecule has 1 saturated heterocycles. The summed E-state index contributed by atoms with van der Waals surface area (Å²) in [7, 11) is -3.27. The van der Waals surface area contributed by atoms with E-state index < -0.39 is 10.0 Å². The molecule has 1 aliphatic rings. The molecule has 0 aromatic heterocycles. The topological polar surface area (TPSA) is 66.5 Å². The highest BCUT2D eigenvalue weighted by atomic mass is 32.2. The number of amides is 1. The molecule has 0 unspecified atom stereocenters. The molecule has 0 spiro atoms. The second kappa shape index (κ2) is 7.23. The minimum atomic E-state index is -3.27. The van der Waals surface area contributed by atoms with Gasteiger partial charge in [0, 0.05) is 18.7 Å². The quantitative estimate of drug-likeness (QED) is 0.888. The average molecular weight is 362 g/mol. The van der Waals surface area contributed by atoms with Gasteiger partial charge in [0.25, 0.3) is 5.91 Å². The van der Waals surface area contributed by atoms with Gasteiger partial charge in [0.1, 0.15) is 5.82 Å². The molecule has 2 aromatic rings. The van der Waals surface area contributed by atoms with E-state index in [0.29, 0.717) is 37.2 Å². The van der Waals surface area contributed by atoms with Crippen molar-refractivity contribution in [3.05, 3.63) is 65.5 Å². The Balaban J connectivity index is 1.62. The van der Waals surface area contributed by atoms with Crippen LogP contribution in [0.15, 0.2) is 48.5 Å². The third-order valence-electron chi connectivity index (χ3n) is 4.11. The first kappa shape index (κ1) is 17.4. The van der Waals surface area contributed by atoms with Crippen LogP contribution in [-0.2, 0) is 16.4 Å². The second-order valence-electron chi connectivity index (χ2n) is 5.92. The first-order valence-corrected chi connectivity index (χ1v) is 9.70. The normalized spacial score (nSPS) is 16.0. The Morgan fingerprint density at radius 1 is 1.16 bits per heavy atom. The number of rotatable bonds is 5. The summed E-state index contributed by atoms with van der Waals surface area (Å²) >= 11 is 0. The minimum Gasteiger partial charge on any atom is -0.352 e. The maximum absolute atomic E-state index is 12.9. The van der Waals surface area contributed by atoms with E-state index in [-0.39, 0.29) is 17.5 Å². The number of hydrogen-bond donors (Lipinski definition) is 1. The zero-order valence-corrected chi connectivity index (χ0v) is 14.4. The molecule has 2 aromatic carbocycles. The van der Waals surface area contributed by atoms with Gasteiger partial charge in [-0.25, -0.2) is 12.8 Å². The average Bonchev–Trinajstić information content (AvgIpc) is 2.96. The second-order valence-corrected chi connectivity index (χ2v) is 7.94. The third-order valence-corrected chi connectivity index (χ3v) is 5.98. The number of nitrogens with one attached hydrogen (secondary N) is 1. The van der Waals surface area contributed by atoms with Crippen LogP contribution < -0.4 is 9.62 Å². The van der Waals surface area contributed by atoms with E-state index in [1.54, 1.807) is 36.4 Å². The number of carbonyl (C=O) groups is 1. The van der Waals surface area contributed by atoms with Gasteiger partial charge in [-0.3, -0.25) is 9.10 Å². The summed E-state index contributed by atoms with van der Waals surface area (Å²) in [5.41, 5.74) is 1.86. The van der Waals surface area contributed by atoms with E-state index in [4.69, 9.17) is 0 Å². The van der Waals surface area contributed by atoms with E-state index in [2.05, 4.69) is 5.32 Å². The Morgan fingerprint density at radius 2 is 1.92 bits per heavy atom. The van der Waals surface area contributed by atoms with E-state index in [0.717, 1.165) is 5.56 Å². The van der Waals surface area contributed by atoms with E-state index >= 15 is 0 Å².